The highest BCUT2D eigenvalue weighted by molar-refractivity contribution is 5.80. The number of piperidine rings is 1. The normalized spacial score (nSPS) is 19.0. The van der Waals surface area contributed by atoms with Gasteiger partial charge in [0.1, 0.15) is 0 Å². The van der Waals surface area contributed by atoms with Gasteiger partial charge in [0.2, 0.25) is 5.91 Å². The lowest BCUT2D eigenvalue weighted by Crippen LogP contribution is -2.48. The van der Waals surface area contributed by atoms with Gasteiger partial charge in [-0.05, 0) is 43.4 Å². The molecule has 160 valence electrons. The fraction of sp³-hybridized carbons (Fsp3) is 0.652. The Morgan fingerprint density at radius 2 is 2.00 bits per heavy atom. The zero-order valence-corrected chi connectivity index (χ0v) is 18.1. The predicted molar refractivity (Wildman–Crippen MR) is 119 cm³/mol. The molecule has 2 fully saturated rings. The van der Waals surface area contributed by atoms with E-state index in [4.69, 9.17) is 0 Å². The molecule has 2 aliphatic heterocycles. The molecule has 1 amide bonds. The number of amides is 1. The van der Waals surface area contributed by atoms with Crippen molar-refractivity contribution < 1.29 is 4.79 Å². The van der Waals surface area contributed by atoms with Crippen molar-refractivity contribution >= 4 is 11.9 Å². The van der Waals surface area contributed by atoms with E-state index >= 15 is 0 Å². The molecule has 0 aliphatic carbocycles. The summed E-state index contributed by atoms with van der Waals surface area (Å²) in [5, 5.41) is 7.04. The minimum atomic E-state index is 0.277. The molecule has 2 saturated heterocycles. The van der Waals surface area contributed by atoms with Gasteiger partial charge in [-0.1, -0.05) is 37.6 Å². The van der Waals surface area contributed by atoms with Gasteiger partial charge in [-0.2, -0.15) is 0 Å². The maximum Gasteiger partial charge on any atom is 0.222 e. The zero-order chi connectivity index (χ0) is 20.5. The van der Waals surface area contributed by atoms with Crippen molar-refractivity contribution in [2.24, 2.45) is 4.99 Å². The molecule has 2 aliphatic rings. The number of unbranched alkanes of at least 4 members (excludes halogenated alkanes) is 1. The number of nitrogens with zero attached hydrogens (tertiary/aromatic N) is 3. The molecule has 3 rings (SSSR count). The Morgan fingerprint density at radius 3 is 2.69 bits per heavy atom. The van der Waals surface area contributed by atoms with Crippen LogP contribution in [0, 0.1) is 0 Å². The van der Waals surface area contributed by atoms with Crippen LogP contribution in [0.2, 0.25) is 0 Å². The molecule has 2 heterocycles. The van der Waals surface area contributed by atoms with Crippen LogP contribution in [0.25, 0.3) is 0 Å². The lowest BCUT2D eigenvalue weighted by atomic mass is 10.0. The molecule has 0 bridgehead atoms. The van der Waals surface area contributed by atoms with Gasteiger partial charge in [0.15, 0.2) is 5.96 Å². The molecule has 2 N–H and O–H groups in total. The number of nitrogens with one attached hydrogen (secondary N) is 2. The third-order valence-corrected chi connectivity index (χ3v) is 5.98. The quantitative estimate of drug-likeness (QED) is 0.521. The highest BCUT2D eigenvalue weighted by Crippen LogP contribution is 2.15. The van der Waals surface area contributed by atoms with Gasteiger partial charge in [-0.3, -0.25) is 9.79 Å². The number of guanidine groups is 1. The molecule has 6 heteroatoms. The van der Waals surface area contributed by atoms with Gasteiger partial charge in [-0.25, -0.2) is 0 Å². The second-order valence-corrected chi connectivity index (χ2v) is 8.28. The van der Waals surface area contributed by atoms with Crippen LogP contribution >= 0.6 is 0 Å². The van der Waals surface area contributed by atoms with Crippen LogP contribution in [-0.2, 0) is 17.9 Å². The van der Waals surface area contributed by atoms with E-state index in [0.29, 0.717) is 12.5 Å². The van der Waals surface area contributed by atoms with Crippen molar-refractivity contribution in [1.29, 1.82) is 0 Å². The van der Waals surface area contributed by atoms with Crippen LogP contribution in [0.15, 0.2) is 29.3 Å². The first kappa shape index (κ1) is 21.6. The van der Waals surface area contributed by atoms with Gasteiger partial charge in [0.25, 0.3) is 0 Å². The Kier molecular flexibility index (Phi) is 8.35. The number of hydrogen-bond donors (Lipinski definition) is 2. The summed E-state index contributed by atoms with van der Waals surface area (Å²) in [4.78, 5) is 20.8. The lowest BCUT2D eigenvalue weighted by Gasteiger charge is -2.33. The third kappa shape index (κ3) is 6.74. The fourth-order valence-corrected chi connectivity index (χ4v) is 4.19. The van der Waals surface area contributed by atoms with Crippen LogP contribution in [-0.4, -0.2) is 60.9 Å². The first-order chi connectivity index (χ1) is 14.2. The molecule has 6 nitrogen and oxygen atoms in total. The van der Waals surface area contributed by atoms with Crippen LogP contribution in [0.4, 0.5) is 0 Å². The Morgan fingerprint density at radius 1 is 1.21 bits per heavy atom. The van der Waals surface area contributed by atoms with Crippen molar-refractivity contribution in [3.8, 4) is 0 Å². The third-order valence-electron chi connectivity index (χ3n) is 5.98. The Hall–Kier alpha value is -2.08. The van der Waals surface area contributed by atoms with Crippen molar-refractivity contribution in [2.75, 3.05) is 33.2 Å². The van der Waals surface area contributed by atoms with Gasteiger partial charge in [0.05, 0.1) is 0 Å². The Bertz CT molecular complexity index is 682. The molecule has 0 aromatic heterocycles. The van der Waals surface area contributed by atoms with Crippen LogP contribution in [0.5, 0.6) is 0 Å². The zero-order valence-electron chi connectivity index (χ0n) is 18.1. The highest BCUT2D eigenvalue weighted by Gasteiger charge is 2.21. The summed E-state index contributed by atoms with van der Waals surface area (Å²) in [7, 11) is 1.83. The molecule has 1 aromatic carbocycles. The smallest absolute Gasteiger partial charge is 0.222 e. The summed E-state index contributed by atoms with van der Waals surface area (Å²) >= 11 is 0. The maximum atomic E-state index is 11.9. The summed E-state index contributed by atoms with van der Waals surface area (Å²) in [5.41, 5.74) is 2.41. The number of rotatable bonds is 8. The summed E-state index contributed by atoms with van der Waals surface area (Å²) in [6.07, 6.45) is 6.59. The van der Waals surface area contributed by atoms with E-state index < -0.39 is 0 Å². The van der Waals surface area contributed by atoms with Crippen molar-refractivity contribution in [3.63, 3.8) is 0 Å². The molecule has 0 radical (unpaired) electrons. The predicted octanol–water partition coefficient (Wildman–Crippen LogP) is 2.74. The number of aliphatic imine (C=N–C) groups is 1. The minimum Gasteiger partial charge on any atom is -0.354 e. The van der Waals surface area contributed by atoms with E-state index in [1.165, 1.54) is 56.4 Å². The Labute approximate surface area is 175 Å². The van der Waals surface area contributed by atoms with E-state index in [1.807, 2.05) is 11.9 Å². The summed E-state index contributed by atoms with van der Waals surface area (Å²) < 4.78 is 0. The first-order valence-electron chi connectivity index (χ1n) is 11.2. The fourth-order valence-electron chi connectivity index (χ4n) is 4.19. The van der Waals surface area contributed by atoms with E-state index in [0.717, 1.165) is 32.0 Å². The van der Waals surface area contributed by atoms with Gasteiger partial charge in [-0.15, -0.1) is 0 Å². The van der Waals surface area contributed by atoms with Gasteiger partial charge < -0.3 is 20.4 Å². The van der Waals surface area contributed by atoms with Crippen molar-refractivity contribution in [2.45, 2.75) is 64.6 Å². The van der Waals surface area contributed by atoms with E-state index in [1.54, 1.807) is 0 Å². The average molecular weight is 400 g/mol. The molecule has 1 aromatic rings. The van der Waals surface area contributed by atoms with E-state index in [-0.39, 0.29) is 5.91 Å². The molecule has 29 heavy (non-hydrogen) atoms. The van der Waals surface area contributed by atoms with Crippen LogP contribution in [0.1, 0.15) is 56.6 Å². The number of likely N-dealkylation sites (tertiary alicyclic amines) is 2. The molecule has 0 unspecified atom stereocenters. The average Bonchev–Trinajstić information content (AvgIpc) is 3.15. The molecule has 0 saturated carbocycles. The monoisotopic (exact) mass is 399 g/mol. The van der Waals surface area contributed by atoms with Crippen molar-refractivity contribution in [1.82, 2.24) is 20.4 Å². The maximum absolute atomic E-state index is 11.9. The number of benzene rings is 1. The summed E-state index contributed by atoms with van der Waals surface area (Å²) in [5.74, 6) is 1.15. The number of carbonyl (C=O) groups excluding carboxylic acids is 1. The van der Waals surface area contributed by atoms with Crippen LogP contribution < -0.4 is 10.6 Å². The first-order valence-corrected chi connectivity index (χ1v) is 11.2. The molecule has 0 atom stereocenters. The standard InChI is InChI=1S/C23H37N5O/c1-3-4-12-27-14-10-21(11-15-27)26-23(24-2)25-17-19-7-5-8-20(16-19)18-28-13-6-9-22(28)29/h5,7-8,16,21H,3-4,6,9-15,17-18H2,1-2H3,(H2,24,25,26). The highest BCUT2D eigenvalue weighted by atomic mass is 16.2. The SMILES string of the molecule is CCCCN1CCC(NC(=NC)NCc2cccc(CN3CCCC3=O)c2)CC1. The van der Waals surface area contributed by atoms with E-state index in [9.17, 15) is 4.79 Å². The Balaban J connectivity index is 1.44. The summed E-state index contributed by atoms with van der Waals surface area (Å²) in [6.45, 7) is 8.17. The van der Waals surface area contributed by atoms with Crippen LogP contribution in [0.3, 0.4) is 0 Å². The van der Waals surface area contributed by atoms with Crippen molar-refractivity contribution in [3.05, 3.63) is 35.4 Å². The number of hydrogen-bond acceptors (Lipinski definition) is 3. The van der Waals surface area contributed by atoms with Gasteiger partial charge in [0, 0.05) is 52.2 Å². The molecule has 0 spiro atoms. The topological polar surface area (TPSA) is 60.0 Å². The molecular formula is C23H37N5O. The second-order valence-electron chi connectivity index (χ2n) is 8.28. The van der Waals surface area contributed by atoms with E-state index in [2.05, 4.69) is 51.7 Å². The second kappa shape index (κ2) is 11.2. The largest absolute Gasteiger partial charge is 0.354 e. The number of carbonyl (C=O) groups is 1. The lowest BCUT2D eigenvalue weighted by molar-refractivity contribution is -0.128. The summed E-state index contributed by atoms with van der Waals surface area (Å²) in [6, 6.07) is 9.00. The van der Waals surface area contributed by atoms with Gasteiger partial charge >= 0.3 is 0 Å². The molecular weight excluding hydrogens is 362 g/mol. The minimum absolute atomic E-state index is 0.277.